The summed E-state index contributed by atoms with van der Waals surface area (Å²) >= 11 is 0. The molecular formula is C8H8F2O2Si. The van der Waals surface area contributed by atoms with Gasteiger partial charge in [-0.1, -0.05) is 12.1 Å². The summed E-state index contributed by atoms with van der Waals surface area (Å²) in [6.07, 6.45) is 0. The van der Waals surface area contributed by atoms with Crippen LogP contribution in [0, 0.1) is 0 Å². The molecule has 0 aliphatic carbocycles. The highest BCUT2D eigenvalue weighted by Crippen LogP contribution is 2.07. The Morgan fingerprint density at radius 1 is 1.31 bits per heavy atom. The van der Waals surface area contributed by atoms with Gasteiger partial charge in [-0.15, -0.1) is 0 Å². The fourth-order valence-electron chi connectivity index (χ4n) is 0.905. The molecule has 0 spiro atoms. The highest BCUT2D eigenvalue weighted by atomic mass is 28.4. The number of aromatic carboxylic acids is 1. The van der Waals surface area contributed by atoms with E-state index < -0.39 is 14.7 Å². The van der Waals surface area contributed by atoms with Crippen LogP contribution in [0.15, 0.2) is 24.3 Å². The van der Waals surface area contributed by atoms with Crippen LogP contribution in [0.4, 0.5) is 8.22 Å². The van der Waals surface area contributed by atoms with Crippen LogP contribution in [-0.2, 0) is 0 Å². The molecule has 0 radical (unpaired) electrons. The van der Waals surface area contributed by atoms with Crippen LogP contribution in [0.5, 0.6) is 0 Å². The van der Waals surface area contributed by atoms with Gasteiger partial charge in [-0.3, -0.25) is 8.22 Å². The minimum atomic E-state index is -4.28. The molecule has 0 aromatic heterocycles. The Balaban J connectivity index is 3.01. The van der Waals surface area contributed by atoms with Gasteiger partial charge in [0.2, 0.25) is 0 Å². The molecule has 0 saturated heterocycles. The second-order valence-electron chi connectivity index (χ2n) is 2.77. The minimum Gasteiger partial charge on any atom is -0.478 e. The molecular weight excluding hydrogens is 194 g/mol. The molecule has 13 heavy (non-hydrogen) atoms. The normalized spacial score (nSPS) is 11.3. The molecule has 2 nitrogen and oxygen atoms in total. The Labute approximate surface area is 75.2 Å². The van der Waals surface area contributed by atoms with Crippen molar-refractivity contribution in [1.82, 2.24) is 0 Å². The summed E-state index contributed by atoms with van der Waals surface area (Å²) in [6.45, 7) is 0.906. The third-order valence-electron chi connectivity index (χ3n) is 1.64. The van der Waals surface area contributed by atoms with Crippen LogP contribution in [-0.4, -0.2) is 19.8 Å². The molecule has 0 aliphatic rings. The predicted molar refractivity (Wildman–Crippen MR) is 46.9 cm³/mol. The van der Waals surface area contributed by atoms with Crippen LogP contribution < -0.4 is 5.19 Å². The summed E-state index contributed by atoms with van der Waals surface area (Å²) in [4.78, 5) is 10.4. The second-order valence-corrected chi connectivity index (χ2v) is 5.12. The Bertz CT molecular complexity index is 316. The number of hydrogen-bond acceptors (Lipinski definition) is 1. The van der Waals surface area contributed by atoms with Gasteiger partial charge in [-0.05, 0) is 18.7 Å². The first kappa shape index (κ1) is 9.85. The van der Waals surface area contributed by atoms with E-state index >= 15 is 0 Å². The van der Waals surface area contributed by atoms with Crippen molar-refractivity contribution in [2.75, 3.05) is 0 Å². The molecule has 0 atom stereocenters. The standard InChI is InChI=1S/C8H8F2O2Si/c1-13(9,10)7-4-2-6(3-5-7)8(11)12/h2-5H,1H3,(H,11,12). The monoisotopic (exact) mass is 202 g/mol. The number of hydrogen-bond donors (Lipinski definition) is 1. The van der Waals surface area contributed by atoms with Gasteiger partial charge >= 0.3 is 14.7 Å². The molecule has 0 fully saturated rings. The lowest BCUT2D eigenvalue weighted by atomic mass is 10.2. The van der Waals surface area contributed by atoms with Gasteiger partial charge in [0.15, 0.2) is 0 Å². The number of benzene rings is 1. The van der Waals surface area contributed by atoms with Crippen LogP contribution in [0.1, 0.15) is 10.4 Å². The summed E-state index contributed by atoms with van der Waals surface area (Å²) in [5, 5.41) is 8.46. The number of carbonyl (C=O) groups is 1. The lowest BCUT2D eigenvalue weighted by Gasteiger charge is -2.06. The van der Waals surface area contributed by atoms with Crippen molar-refractivity contribution in [1.29, 1.82) is 0 Å². The molecule has 5 heteroatoms. The first-order valence-corrected chi connectivity index (χ1v) is 5.88. The quantitative estimate of drug-likeness (QED) is 0.584. The molecule has 0 unspecified atom stereocenters. The maximum atomic E-state index is 12.8. The summed E-state index contributed by atoms with van der Waals surface area (Å²) in [5.41, 5.74) is 0.0296. The summed E-state index contributed by atoms with van der Waals surface area (Å²) < 4.78 is 25.6. The van der Waals surface area contributed by atoms with Crippen molar-refractivity contribution >= 4 is 19.9 Å². The molecule has 1 aromatic carbocycles. The van der Waals surface area contributed by atoms with Gasteiger partial charge in [-0.25, -0.2) is 4.79 Å². The van der Waals surface area contributed by atoms with Crippen molar-refractivity contribution in [3.8, 4) is 0 Å². The molecule has 0 bridgehead atoms. The van der Waals surface area contributed by atoms with E-state index in [2.05, 4.69) is 0 Å². The average Bonchev–Trinajstić information content (AvgIpc) is 2.03. The van der Waals surface area contributed by atoms with E-state index in [9.17, 15) is 13.0 Å². The molecule has 1 aromatic rings. The smallest absolute Gasteiger partial charge is 0.452 e. The highest BCUT2D eigenvalue weighted by Gasteiger charge is 2.30. The third-order valence-corrected chi connectivity index (χ3v) is 2.99. The number of rotatable bonds is 2. The van der Waals surface area contributed by atoms with Gasteiger partial charge in [0.25, 0.3) is 0 Å². The first-order valence-electron chi connectivity index (χ1n) is 3.63. The van der Waals surface area contributed by atoms with Crippen molar-refractivity contribution in [2.45, 2.75) is 6.55 Å². The molecule has 1 N–H and O–H groups in total. The molecule has 1 rings (SSSR count). The van der Waals surface area contributed by atoms with Crippen LogP contribution in [0.25, 0.3) is 0 Å². The van der Waals surface area contributed by atoms with Crippen LogP contribution >= 0.6 is 0 Å². The summed E-state index contributed by atoms with van der Waals surface area (Å²) in [6, 6.07) is 4.75. The van der Waals surface area contributed by atoms with E-state index in [0.717, 1.165) is 6.55 Å². The van der Waals surface area contributed by atoms with Crippen LogP contribution in [0.2, 0.25) is 6.55 Å². The van der Waals surface area contributed by atoms with E-state index in [-0.39, 0.29) is 10.8 Å². The third kappa shape index (κ3) is 2.35. The van der Waals surface area contributed by atoms with Gasteiger partial charge in [-0.2, -0.15) is 0 Å². The Morgan fingerprint density at radius 3 is 2.08 bits per heavy atom. The SMILES string of the molecule is C[Si](F)(F)c1ccc(C(=O)O)cc1. The lowest BCUT2D eigenvalue weighted by Crippen LogP contribution is -2.34. The zero-order valence-corrected chi connectivity index (χ0v) is 7.92. The predicted octanol–water partition coefficient (Wildman–Crippen LogP) is 1.60. The van der Waals surface area contributed by atoms with Crippen molar-refractivity contribution < 1.29 is 18.1 Å². The van der Waals surface area contributed by atoms with E-state index in [0.29, 0.717) is 0 Å². The van der Waals surface area contributed by atoms with E-state index in [1.54, 1.807) is 0 Å². The van der Waals surface area contributed by atoms with Crippen molar-refractivity contribution in [3.63, 3.8) is 0 Å². The molecule has 0 amide bonds. The Kier molecular flexibility index (Phi) is 2.47. The van der Waals surface area contributed by atoms with Gasteiger partial charge in [0.05, 0.1) is 5.56 Å². The second kappa shape index (κ2) is 3.25. The van der Waals surface area contributed by atoms with Crippen molar-refractivity contribution in [3.05, 3.63) is 29.8 Å². The topological polar surface area (TPSA) is 37.3 Å². The van der Waals surface area contributed by atoms with E-state index in [4.69, 9.17) is 5.11 Å². The van der Waals surface area contributed by atoms with Gasteiger partial charge in [0.1, 0.15) is 0 Å². The summed E-state index contributed by atoms with van der Waals surface area (Å²) in [7, 11) is -4.28. The zero-order valence-electron chi connectivity index (χ0n) is 6.92. The lowest BCUT2D eigenvalue weighted by molar-refractivity contribution is 0.0697. The maximum Gasteiger partial charge on any atom is 0.452 e. The fourth-order valence-corrected chi connectivity index (χ4v) is 1.66. The number of halogens is 2. The molecule has 0 saturated carbocycles. The largest absolute Gasteiger partial charge is 0.478 e. The molecule has 0 aliphatic heterocycles. The Morgan fingerprint density at radius 2 is 1.77 bits per heavy atom. The maximum absolute atomic E-state index is 12.8. The highest BCUT2D eigenvalue weighted by molar-refractivity contribution is 6.78. The number of carboxylic acids is 1. The fraction of sp³-hybridized carbons (Fsp3) is 0.125. The zero-order chi connectivity index (χ0) is 10.1. The molecule has 70 valence electrons. The summed E-state index contributed by atoms with van der Waals surface area (Å²) in [5.74, 6) is -1.10. The minimum absolute atomic E-state index is 0.0296. The Hall–Kier alpha value is -1.23. The van der Waals surface area contributed by atoms with Gasteiger partial charge < -0.3 is 5.11 Å². The van der Waals surface area contributed by atoms with E-state index in [1.807, 2.05) is 0 Å². The van der Waals surface area contributed by atoms with Gasteiger partial charge in [0, 0.05) is 5.19 Å². The first-order chi connectivity index (χ1) is 5.91. The number of carboxylic acid groups (broad SMARTS) is 1. The van der Waals surface area contributed by atoms with E-state index in [1.165, 1.54) is 24.3 Å². The average molecular weight is 202 g/mol. The van der Waals surface area contributed by atoms with Crippen molar-refractivity contribution in [2.24, 2.45) is 0 Å². The molecule has 0 heterocycles. The van der Waals surface area contributed by atoms with Crippen LogP contribution in [0.3, 0.4) is 0 Å².